The van der Waals surface area contributed by atoms with Crippen LogP contribution in [0.4, 0.5) is 5.69 Å². The number of nitrogens with zero attached hydrogens (tertiary/aromatic N) is 1. The van der Waals surface area contributed by atoms with Gasteiger partial charge in [-0.05, 0) is 85.5 Å². The number of imidazole rings is 1. The second kappa shape index (κ2) is 9.19. The average Bonchev–Trinajstić information content (AvgIpc) is 3.47. The van der Waals surface area contributed by atoms with Crippen molar-refractivity contribution in [1.82, 2.24) is 9.97 Å². The Morgan fingerprint density at radius 3 is 2.53 bits per heavy atom. The molecule has 3 atom stereocenters. The van der Waals surface area contributed by atoms with E-state index in [4.69, 9.17) is 11.2 Å². The highest BCUT2D eigenvalue weighted by molar-refractivity contribution is 6.03. The van der Waals surface area contributed by atoms with E-state index in [2.05, 4.69) is 47.2 Å². The highest BCUT2D eigenvalue weighted by Crippen LogP contribution is 2.53. The van der Waals surface area contributed by atoms with Crippen LogP contribution in [0, 0.1) is 17.8 Å². The number of aliphatic hydroxyl groups is 2. The molecule has 7 heteroatoms. The Bertz CT molecular complexity index is 1220. The fourth-order valence-corrected chi connectivity index (χ4v) is 6.07. The van der Waals surface area contributed by atoms with Crippen molar-refractivity contribution in [3.05, 3.63) is 53.1 Å². The summed E-state index contributed by atoms with van der Waals surface area (Å²) in [5, 5.41) is 23.3. The smallest absolute Gasteiger partial charge is 0.291 e. The molecule has 2 aromatic rings. The fourth-order valence-electron chi connectivity index (χ4n) is 6.07. The number of rotatable bonds is 6. The highest BCUT2D eigenvalue weighted by Gasteiger charge is 2.55. The second-order valence-electron chi connectivity index (χ2n) is 11.5. The average molecular weight is 490 g/mol. The number of terminal acetylenes is 1. The summed E-state index contributed by atoms with van der Waals surface area (Å²) in [5.74, 6) is 2.41. The van der Waals surface area contributed by atoms with Crippen LogP contribution in [0.3, 0.4) is 0 Å². The largest absolute Gasteiger partial charge is 0.393 e. The maximum absolute atomic E-state index is 13.0. The van der Waals surface area contributed by atoms with Crippen molar-refractivity contribution in [1.29, 1.82) is 0 Å². The minimum atomic E-state index is -0.596. The van der Waals surface area contributed by atoms with Crippen LogP contribution < -0.4 is 5.32 Å². The molecule has 190 valence electrons. The Kier molecular flexibility index (Phi) is 6.32. The lowest BCUT2D eigenvalue weighted by Crippen LogP contribution is -2.47. The Hall–Kier alpha value is -2.92. The molecular weight excluding hydrogens is 454 g/mol. The zero-order valence-corrected chi connectivity index (χ0v) is 21.1. The molecule has 36 heavy (non-hydrogen) atoms. The van der Waals surface area contributed by atoms with Gasteiger partial charge < -0.3 is 25.3 Å². The number of aliphatic hydroxyl groups excluding tert-OH is 2. The molecular formula is C29H35N3O4. The predicted octanol–water partition coefficient (Wildman–Crippen LogP) is 4.39. The van der Waals surface area contributed by atoms with Crippen molar-refractivity contribution in [2.75, 3.05) is 18.5 Å². The quantitative estimate of drug-likeness (QED) is 0.450. The van der Waals surface area contributed by atoms with Gasteiger partial charge in [-0.1, -0.05) is 26.0 Å². The molecule has 3 aliphatic rings. The van der Waals surface area contributed by atoms with E-state index in [-0.39, 0.29) is 36.3 Å². The van der Waals surface area contributed by atoms with Gasteiger partial charge in [0.05, 0.1) is 24.4 Å². The zero-order valence-electron chi connectivity index (χ0n) is 21.1. The molecule has 7 nitrogen and oxygen atoms in total. The van der Waals surface area contributed by atoms with Gasteiger partial charge in [-0.2, -0.15) is 0 Å². The van der Waals surface area contributed by atoms with E-state index in [9.17, 15) is 15.0 Å². The van der Waals surface area contributed by atoms with Gasteiger partial charge in [-0.15, -0.1) is 6.42 Å². The number of benzene rings is 1. The minimum absolute atomic E-state index is 0.0464. The lowest BCUT2D eigenvalue weighted by atomic mass is 9.75. The molecule has 0 spiro atoms. The third kappa shape index (κ3) is 4.61. The summed E-state index contributed by atoms with van der Waals surface area (Å²) >= 11 is 0. The first-order valence-corrected chi connectivity index (χ1v) is 12.8. The SMILES string of the molecule is C#Cc1c[nH]c(C(=O)Nc2ccc(C3C[C@]4(CO)CC[C@](CO)(C3)O4)cc2C2=CCC(C)(C)CC2)n1. The number of carbonyl (C=O) groups excluding carboxylic acids is 1. The molecule has 2 bridgehead atoms. The molecule has 3 heterocycles. The van der Waals surface area contributed by atoms with Crippen LogP contribution in [0.15, 0.2) is 30.5 Å². The van der Waals surface area contributed by atoms with E-state index in [0.29, 0.717) is 18.5 Å². The summed E-state index contributed by atoms with van der Waals surface area (Å²) < 4.78 is 6.24. The van der Waals surface area contributed by atoms with Crippen LogP contribution in [0.2, 0.25) is 0 Å². The molecule has 4 N–H and O–H groups in total. The summed E-state index contributed by atoms with van der Waals surface area (Å²) in [4.78, 5) is 20.0. The van der Waals surface area contributed by atoms with Crippen molar-refractivity contribution in [2.45, 2.75) is 75.9 Å². The first kappa shape index (κ1) is 24.8. The summed E-state index contributed by atoms with van der Waals surface area (Å²) in [5.41, 5.74) is 3.55. The van der Waals surface area contributed by atoms with E-state index >= 15 is 0 Å². The number of hydrogen-bond acceptors (Lipinski definition) is 5. The van der Waals surface area contributed by atoms with Crippen LogP contribution in [0.5, 0.6) is 0 Å². The van der Waals surface area contributed by atoms with Crippen molar-refractivity contribution >= 4 is 17.2 Å². The lowest BCUT2D eigenvalue weighted by molar-refractivity contribution is -0.177. The zero-order chi connectivity index (χ0) is 25.6. The normalized spacial score (nSPS) is 28.9. The molecule has 1 aromatic heterocycles. The van der Waals surface area contributed by atoms with E-state index in [0.717, 1.165) is 48.9 Å². The van der Waals surface area contributed by atoms with E-state index in [1.54, 1.807) is 0 Å². The van der Waals surface area contributed by atoms with E-state index in [1.807, 2.05) is 12.1 Å². The highest BCUT2D eigenvalue weighted by atomic mass is 16.6. The van der Waals surface area contributed by atoms with Gasteiger partial charge in [0.25, 0.3) is 5.91 Å². The number of hydrogen-bond donors (Lipinski definition) is 4. The van der Waals surface area contributed by atoms with Crippen LogP contribution in [0.1, 0.15) is 92.2 Å². The van der Waals surface area contributed by atoms with Crippen molar-refractivity contribution in [3.63, 3.8) is 0 Å². The number of aromatic amines is 1. The number of aromatic nitrogens is 2. The molecule has 1 aromatic carbocycles. The van der Waals surface area contributed by atoms with Gasteiger partial charge in [0.15, 0.2) is 5.82 Å². The summed E-state index contributed by atoms with van der Waals surface area (Å²) in [6.07, 6.45) is 15.1. The summed E-state index contributed by atoms with van der Waals surface area (Å²) in [6, 6.07) is 6.19. The van der Waals surface area contributed by atoms with Crippen LogP contribution in [-0.2, 0) is 4.74 Å². The molecule has 0 saturated carbocycles. The number of nitrogens with one attached hydrogen (secondary N) is 2. The molecule has 1 amide bonds. The maximum atomic E-state index is 13.0. The van der Waals surface area contributed by atoms with Gasteiger partial charge in [0.2, 0.25) is 0 Å². The molecule has 1 aliphatic carbocycles. The number of ether oxygens (including phenoxy) is 1. The van der Waals surface area contributed by atoms with Crippen molar-refractivity contribution in [2.24, 2.45) is 5.41 Å². The van der Waals surface area contributed by atoms with Crippen LogP contribution in [0.25, 0.3) is 5.57 Å². The van der Waals surface area contributed by atoms with Gasteiger partial charge in [-0.25, -0.2) is 4.98 Å². The molecule has 0 radical (unpaired) electrons. The Balaban J connectivity index is 1.49. The Morgan fingerprint density at radius 2 is 1.94 bits per heavy atom. The summed E-state index contributed by atoms with van der Waals surface area (Å²) in [7, 11) is 0. The fraction of sp³-hybridized carbons (Fsp3) is 0.517. The standard InChI is InChI=1S/C29H35N3O4/c1-4-22-16-30-25(31-22)26(35)32-24-6-5-20(13-23(24)19-7-9-27(2,3)10-8-19)21-14-28(17-33)11-12-29(15-21,18-34)36-28/h1,5-7,13,16,21,33-34H,8-12,14-15,17-18H2,2-3H3,(H,30,31)(H,32,35)/t21?,28-,29+. The Morgan fingerprint density at radius 1 is 1.22 bits per heavy atom. The van der Waals surface area contributed by atoms with E-state index in [1.165, 1.54) is 11.8 Å². The molecule has 1 unspecified atom stereocenters. The molecule has 2 saturated heterocycles. The maximum Gasteiger partial charge on any atom is 0.291 e. The summed E-state index contributed by atoms with van der Waals surface area (Å²) in [6.45, 7) is 4.46. The number of fused-ring (bicyclic) bond motifs is 2. The van der Waals surface area contributed by atoms with Crippen LogP contribution >= 0.6 is 0 Å². The van der Waals surface area contributed by atoms with E-state index < -0.39 is 11.2 Å². The molecule has 5 rings (SSSR count). The van der Waals surface area contributed by atoms with Crippen molar-refractivity contribution in [3.8, 4) is 12.3 Å². The topological polar surface area (TPSA) is 107 Å². The molecule has 2 fully saturated rings. The Labute approximate surface area is 212 Å². The van der Waals surface area contributed by atoms with Crippen molar-refractivity contribution < 1.29 is 19.7 Å². The first-order valence-electron chi connectivity index (χ1n) is 12.8. The van der Waals surface area contributed by atoms with Crippen LogP contribution in [-0.4, -0.2) is 50.5 Å². The van der Waals surface area contributed by atoms with Gasteiger partial charge in [-0.3, -0.25) is 4.79 Å². The third-order valence-electron chi connectivity index (χ3n) is 8.30. The van der Waals surface area contributed by atoms with Gasteiger partial charge in [0.1, 0.15) is 5.69 Å². The lowest BCUT2D eigenvalue weighted by Gasteiger charge is -2.43. The number of amides is 1. The third-order valence-corrected chi connectivity index (χ3v) is 8.30. The number of H-pyrrole nitrogens is 1. The minimum Gasteiger partial charge on any atom is -0.393 e. The monoisotopic (exact) mass is 489 g/mol. The van der Waals surface area contributed by atoms with Gasteiger partial charge in [0, 0.05) is 17.4 Å². The number of allylic oxidation sites excluding steroid dienone is 2. The van der Waals surface area contributed by atoms with Gasteiger partial charge >= 0.3 is 0 Å². The predicted molar refractivity (Wildman–Crippen MR) is 138 cm³/mol. The molecule has 2 aliphatic heterocycles. The number of anilines is 1. The number of carbonyl (C=O) groups is 1. The first-order chi connectivity index (χ1) is 17.2. The second-order valence-corrected chi connectivity index (χ2v) is 11.5.